The zero-order valence-electron chi connectivity index (χ0n) is 20.0. The summed E-state index contributed by atoms with van der Waals surface area (Å²) in [5, 5.41) is 0. The molecule has 0 spiro atoms. The SMILES string of the molecule is CCCCCCCCCCCCCCCCCCOc1ccc(C(=O)OC)cc1C. The summed E-state index contributed by atoms with van der Waals surface area (Å²) in [6.45, 7) is 5.00. The van der Waals surface area contributed by atoms with Gasteiger partial charge in [-0.05, 0) is 37.1 Å². The fourth-order valence-electron chi connectivity index (χ4n) is 3.89. The number of ether oxygens (including phenoxy) is 2. The van der Waals surface area contributed by atoms with Gasteiger partial charge in [-0.2, -0.15) is 0 Å². The minimum atomic E-state index is -0.303. The molecule has 0 radical (unpaired) electrons. The van der Waals surface area contributed by atoms with E-state index in [-0.39, 0.29) is 5.97 Å². The Balaban J connectivity index is 1.88. The number of unbranched alkanes of at least 4 members (excludes halogenated alkanes) is 15. The number of aryl methyl sites for hydroxylation is 1. The Morgan fingerprint density at radius 2 is 1.20 bits per heavy atom. The van der Waals surface area contributed by atoms with E-state index < -0.39 is 0 Å². The van der Waals surface area contributed by atoms with Gasteiger partial charge < -0.3 is 9.47 Å². The molecule has 1 rings (SSSR count). The number of hydrogen-bond donors (Lipinski definition) is 0. The number of benzene rings is 1. The summed E-state index contributed by atoms with van der Waals surface area (Å²) in [6.07, 6.45) is 22.0. The van der Waals surface area contributed by atoms with Crippen LogP contribution in [0.5, 0.6) is 5.75 Å². The molecule has 30 heavy (non-hydrogen) atoms. The molecule has 0 saturated heterocycles. The number of carbonyl (C=O) groups excluding carboxylic acids is 1. The Labute approximate surface area is 185 Å². The maximum atomic E-state index is 11.5. The quantitative estimate of drug-likeness (QED) is 0.167. The molecule has 0 unspecified atom stereocenters. The monoisotopic (exact) mass is 418 g/mol. The van der Waals surface area contributed by atoms with Crippen molar-refractivity contribution in [1.82, 2.24) is 0 Å². The first-order valence-corrected chi connectivity index (χ1v) is 12.5. The van der Waals surface area contributed by atoms with Gasteiger partial charge in [0.25, 0.3) is 0 Å². The molecular weight excluding hydrogens is 372 g/mol. The standard InChI is InChI=1S/C27H46O3/c1-4-5-6-7-8-9-10-11-12-13-14-15-16-17-18-19-22-30-26-21-20-25(23-24(26)2)27(28)29-3/h20-21,23H,4-19,22H2,1-3H3. The molecule has 0 amide bonds. The normalized spacial score (nSPS) is 10.9. The van der Waals surface area contributed by atoms with Crippen molar-refractivity contribution in [2.75, 3.05) is 13.7 Å². The van der Waals surface area contributed by atoms with E-state index in [9.17, 15) is 4.79 Å². The number of esters is 1. The van der Waals surface area contributed by atoms with Crippen LogP contribution in [-0.2, 0) is 4.74 Å². The van der Waals surface area contributed by atoms with Crippen LogP contribution >= 0.6 is 0 Å². The first kappa shape index (κ1) is 26.5. The molecule has 0 aliphatic carbocycles. The van der Waals surface area contributed by atoms with Crippen molar-refractivity contribution in [3.05, 3.63) is 29.3 Å². The Bertz CT molecular complexity index is 553. The third kappa shape index (κ3) is 12.9. The Hall–Kier alpha value is -1.51. The van der Waals surface area contributed by atoms with Gasteiger partial charge in [-0.15, -0.1) is 0 Å². The van der Waals surface area contributed by atoms with Crippen LogP contribution in [0.2, 0.25) is 0 Å². The summed E-state index contributed by atoms with van der Waals surface area (Å²) in [6, 6.07) is 5.46. The van der Waals surface area contributed by atoms with E-state index in [1.807, 2.05) is 19.1 Å². The van der Waals surface area contributed by atoms with Gasteiger partial charge in [-0.25, -0.2) is 4.79 Å². The number of rotatable bonds is 19. The topological polar surface area (TPSA) is 35.5 Å². The Kier molecular flexibility index (Phi) is 16.2. The van der Waals surface area contributed by atoms with Gasteiger partial charge in [0.2, 0.25) is 0 Å². The fraction of sp³-hybridized carbons (Fsp3) is 0.741. The van der Waals surface area contributed by atoms with E-state index in [2.05, 4.69) is 6.92 Å². The lowest BCUT2D eigenvalue weighted by atomic mass is 10.0. The summed E-state index contributed by atoms with van der Waals surface area (Å²) < 4.78 is 10.6. The number of methoxy groups -OCH3 is 1. The summed E-state index contributed by atoms with van der Waals surface area (Å²) in [5.74, 6) is 0.561. The molecule has 0 aliphatic rings. The van der Waals surface area contributed by atoms with E-state index in [1.54, 1.807) is 6.07 Å². The first-order valence-electron chi connectivity index (χ1n) is 12.5. The van der Waals surface area contributed by atoms with Crippen molar-refractivity contribution >= 4 is 5.97 Å². The van der Waals surface area contributed by atoms with Crippen LogP contribution < -0.4 is 4.74 Å². The van der Waals surface area contributed by atoms with Crippen LogP contribution in [0.4, 0.5) is 0 Å². The molecular formula is C27H46O3. The largest absolute Gasteiger partial charge is 0.493 e. The zero-order chi connectivity index (χ0) is 21.9. The summed E-state index contributed by atoms with van der Waals surface area (Å²) in [5.41, 5.74) is 1.55. The van der Waals surface area contributed by atoms with Crippen LogP contribution in [0.1, 0.15) is 126 Å². The molecule has 0 saturated carbocycles. The van der Waals surface area contributed by atoms with Crippen molar-refractivity contribution in [3.63, 3.8) is 0 Å². The molecule has 0 heterocycles. The lowest BCUT2D eigenvalue weighted by molar-refractivity contribution is 0.0600. The molecule has 0 bridgehead atoms. The Morgan fingerprint density at radius 1 is 0.733 bits per heavy atom. The van der Waals surface area contributed by atoms with Crippen molar-refractivity contribution in [2.24, 2.45) is 0 Å². The highest BCUT2D eigenvalue weighted by Gasteiger charge is 2.08. The molecule has 1 aromatic rings. The van der Waals surface area contributed by atoms with E-state index in [4.69, 9.17) is 9.47 Å². The van der Waals surface area contributed by atoms with Crippen LogP contribution in [0.25, 0.3) is 0 Å². The number of hydrogen-bond acceptors (Lipinski definition) is 3. The average Bonchev–Trinajstić information content (AvgIpc) is 2.76. The van der Waals surface area contributed by atoms with Crippen LogP contribution in [-0.4, -0.2) is 19.7 Å². The van der Waals surface area contributed by atoms with E-state index in [0.717, 1.165) is 24.3 Å². The predicted octanol–water partition coefficient (Wildman–Crippen LogP) is 8.42. The molecule has 0 atom stereocenters. The fourth-order valence-corrected chi connectivity index (χ4v) is 3.89. The van der Waals surface area contributed by atoms with Crippen molar-refractivity contribution in [1.29, 1.82) is 0 Å². The molecule has 172 valence electrons. The smallest absolute Gasteiger partial charge is 0.337 e. The van der Waals surface area contributed by atoms with Gasteiger partial charge in [0.15, 0.2) is 0 Å². The van der Waals surface area contributed by atoms with E-state index in [0.29, 0.717) is 5.56 Å². The highest BCUT2D eigenvalue weighted by atomic mass is 16.5. The van der Waals surface area contributed by atoms with Crippen LogP contribution in [0, 0.1) is 6.92 Å². The molecule has 0 N–H and O–H groups in total. The van der Waals surface area contributed by atoms with Gasteiger partial charge in [0, 0.05) is 0 Å². The van der Waals surface area contributed by atoms with Gasteiger partial charge in [0.1, 0.15) is 5.75 Å². The van der Waals surface area contributed by atoms with Crippen LogP contribution in [0.3, 0.4) is 0 Å². The minimum Gasteiger partial charge on any atom is -0.493 e. The number of carbonyl (C=O) groups is 1. The molecule has 3 heteroatoms. The first-order chi connectivity index (χ1) is 14.7. The summed E-state index contributed by atoms with van der Waals surface area (Å²) in [4.78, 5) is 11.5. The van der Waals surface area contributed by atoms with Gasteiger partial charge >= 0.3 is 5.97 Å². The third-order valence-electron chi connectivity index (χ3n) is 5.85. The highest BCUT2D eigenvalue weighted by Crippen LogP contribution is 2.20. The lowest BCUT2D eigenvalue weighted by Crippen LogP contribution is -2.03. The maximum Gasteiger partial charge on any atom is 0.337 e. The molecule has 1 aromatic carbocycles. The van der Waals surface area contributed by atoms with E-state index >= 15 is 0 Å². The molecule has 0 fully saturated rings. The van der Waals surface area contributed by atoms with Crippen molar-refractivity contribution in [2.45, 2.75) is 117 Å². The van der Waals surface area contributed by atoms with Crippen LogP contribution in [0.15, 0.2) is 18.2 Å². The maximum absolute atomic E-state index is 11.5. The summed E-state index contributed by atoms with van der Waals surface area (Å²) in [7, 11) is 1.40. The molecule has 3 nitrogen and oxygen atoms in total. The predicted molar refractivity (Wildman–Crippen MR) is 128 cm³/mol. The van der Waals surface area contributed by atoms with Crippen molar-refractivity contribution < 1.29 is 14.3 Å². The minimum absolute atomic E-state index is 0.303. The Morgan fingerprint density at radius 3 is 1.63 bits per heavy atom. The zero-order valence-corrected chi connectivity index (χ0v) is 20.0. The lowest BCUT2D eigenvalue weighted by Gasteiger charge is -2.10. The van der Waals surface area contributed by atoms with Crippen molar-refractivity contribution in [3.8, 4) is 5.75 Å². The average molecular weight is 419 g/mol. The second kappa shape index (κ2) is 18.3. The third-order valence-corrected chi connectivity index (χ3v) is 5.85. The highest BCUT2D eigenvalue weighted by molar-refractivity contribution is 5.89. The second-order valence-corrected chi connectivity index (χ2v) is 8.62. The van der Waals surface area contributed by atoms with E-state index in [1.165, 1.54) is 103 Å². The van der Waals surface area contributed by atoms with Gasteiger partial charge in [-0.3, -0.25) is 0 Å². The second-order valence-electron chi connectivity index (χ2n) is 8.62. The van der Waals surface area contributed by atoms with Gasteiger partial charge in [0.05, 0.1) is 19.3 Å². The summed E-state index contributed by atoms with van der Waals surface area (Å²) >= 11 is 0. The molecule has 0 aromatic heterocycles. The van der Waals surface area contributed by atoms with Gasteiger partial charge in [-0.1, -0.05) is 103 Å². The molecule has 0 aliphatic heterocycles.